The Labute approximate surface area is 271 Å². The molecular formula is C35H60N2O8. The predicted molar refractivity (Wildman–Crippen MR) is 176 cm³/mol. The van der Waals surface area contributed by atoms with Crippen molar-refractivity contribution in [3.05, 3.63) is 35.9 Å². The van der Waals surface area contributed by atoms with Crippen LogP contribution < -0.4 is 10.6 Å². The Balaban J connectivity index is 2.03. The third kappa shape index (κ3) is 23.2. The van der Waals surface area contributed by atoms with E-state index < -0.39 is 30.4 Å². The summed E-state index contributed by atoms with van der Waals surface area (Å²) < 4.78 is 26.0. The summed E-state index contributed by atoms with van der Waals surface area (Å²) in [4.78, 5) is 36.2. The van der Waals surface area contributed by atoms with Crippen molar-refractivity contribution in [2.45, 2.75) is 128 Å². The molecule has 2 amide bonds. The van der Waals surface area contributed by atoms with E-state index in [9.17, 15) is 14.4 Å². The van der Waals surface area contributed by atoms with Gasteiger partial charge in [-0.25, -0.2) is 14.4 Å². The van der Waals surface area contributed by atoms with Crippen LogP contribution in [0.4, 0.5) is 9.59 Å². The van der Waals surface area contributed by atoms with E-state index in [1.54, 1.807) is 0 Å². The zero-order valence-corrected chi connectivity index (χ0v) is 28.2. The molecule has 2 N–H and O–H groups in total. The van der Waals surface area contributed by atoms with E-state index in [4.69, 9.17) is 23.7 Å². The van der Waals surface area contributed by atoms with Gasteiger partial charge in [0, 0.05) is 13.7 Å². The first-order valence-corrected chi connectivity index (χ1v) is 17.1. The summed E-state index contributed by atoms with van der Waals surface area (Å²) in [6, 6.07) is 9.34. The molecule has 1 aromatic carbocycles. The second-order valence-corrected chi connectivity index (χ2v) is 11.5. The number of benzene rings is 1. The van der Waals surface area contributed by atoms with Crippen molar-refractivity contribution >= 4 is 18.2 Å². The molecule has 1 rings (SSSR count). The van der Waals surface area contributed by atoms with Crippen molar-refractivity contribution in [3.63, 3.8) is 0 Å². The minimum atomic E-state index is -0.998. The molecule has 10 heteroatoms. The van der Waals surface area contributed by atoms with Crippen LogP contribution >= 0.6 is 0 Å². The van der Waals surface area contributed by atoms with Crippen LogP contribution in [-0.2, 0) is 35.1 Å². The van der Waals surface area contributed by atoms with Crippen LogP contribution in [0.5, 0.6) is 0 Å². The molecule has 0 bridgehead atoms. The van der Waals surface area contributed by atoms with Crippen LogP contribution in [0.2, 0.25) is 0 Å². The van der Waals surface area contributed by atoms with Crippen molar-refractivity contribution in [2.75, 3.05) is 40.5 Å². The van der Waals surface area contributed by atoms with Crippen LogP contribution in [0.25, 0.3) is 0 Å². The highest BCUT2D eigenvalue weighted by Gasteiger charge is 2.22. The number of hydrogen-bond acceptors (Lipinski definition) is 8. The maximum Gasteiger partial charge on any atom is 0.407 e. The van der Waals surface area contributed by atoms with Crippen LogP contribution in [0.15, 0.2) is 30.3 Å². The van der Waals surface area contributed by atoms with E-state index in [1.807, 2.05) is 30.3 Å². The van der Waals surface area contributed by atoms with E-state index in [1.165, 1.54) is 104 Å². The van der Waals surface area contributed by atoms with Gasteiger partial charge in [0.25, 0.3) is 0 Å². The normalized spacial score (nSPS) is 12.2. The predicted octanol–water partition coefficient (Wildman–Crippen LogP) is 7.47. The van der Waals surface area contributed by atoms with Gasteiger partial charge < -0.3 is 34.3 Å². The number of carbonyl (C=O) groups is 3. The van der Waals surface area contributed by atoms with Crippen molar-refractivity contribution in [1.82, 2.24) is 10.6 Å². The van der Waals surface area contributed by atoms with Gasteiger partial charge in [-0.3, -0.25) is 0 Å². The third-order valence-corrected chi connectivity index (χ3v) is 7.62. The van der Waals surface area contributed by atoms with Gasteiger partial charge in [0.2, 0.25) is 0 Å². The monoisotopic (exact) mass is 636 g/mol. The Morgan fingerprint density at radius 2 is 1.16 bits per heavy atom. The molecule has 0 aliphatic carbocycles. The van der Waals surface area contributed by atoms with E-state index in [0.717, 1.165) is 18.4 Å². The summed E-state index contributed by atoms with van der Waals surface area (Å²) in [7, 11) is 2.69. The lowest BCUT2D eigenvalue weighted by molar-refractivity contribution is -0.154. The first kappa shape index (κ1) is 40.2. The lowest BCUT2D eigenvalue weighted by atomic mass is 10.0. The quantitative estimate of drug-likeness (QED) is 0.0552. The van der Waals surface area contributed by atoms with Crippen molar-refractivity contribution in [3.8, 4) is 0 Å². The summed E-state index contributed by atoms with van der Waals surface area (Å²) >= 11 is 0. The summed E-state index contributed by atoms with van der Waals surface area (Å²) in [6.45, 7) is 2.67. The first-order valence-electron chi connectivity index (χ1n) is 17.1. The smallest absolute Gasteiger partial charge is 0.407 e. The molecule has 0 aliphatic heterocycles. The fourth-order valence-electron chi connectivity index (χ4n) is 4.78. The molecule has 10 nitrogen and oxygen atoms in total. The molecule has 0 saturated heterocycles. The number of amides is 2. The number of hydrogen-bond donors (Lipinski definition) is 2. The van der Waals surface area contributed by atoms with E-state index in [0.29, 0.717) is 6.54 Å². The molecule has 0 fully saturated rings. The van der Waals surface area contributed by atoms with Crippen LogP contribution in [0, 0.1) is 0 Å². The van der Waals surface area contributed by atoms with Gasteiger partial charge in [-0.2, -0.15) is 0 Å². The zero-order valence-electron chi connectivity index (χ0n) is 28.2. The number of carbonyl (C=O) groups excluding carboxylic acids is 3. The SMILES string of the molecule is CCCCCCCCCCCCCCCCCCNC(=O)OCC(COC(=O)NCC(OCc1ccccc1)C(=O)OC)OC. The van der Waals surface area contributed by atoms with Crippen LogP contribution in [0.3, 0.4) is 0 Å². The third-order valence-electron chi connectivity index (χ3n) is 7.62. The molecule has 2 atom stereocenters. The molecule has 2 unspecified atom stereocenters. The fourth-order valence-corrected chi connectivity index (χ4v) is 4.78. The van der Waals surface area contributed by atoms with E-state index >= 15 is 0 Å². The Morgan fingerprint density at radius 3 is 1.64 bits per heavy atom. The number of rotatable bonds is 28. The van der Waals surface area contributed by atoms with Crippen molar-refractivity contribution in [2.24, 2.45) is 0 Å². The lowest BCUT2D eigenvalue weighted by Gasteiger charge is -2.18. The maximum atomic E-state index is 12.2. The molecule has 45 heavy (non-hydrogen) atoms. The summed E-state index contributed by atoms with van der Waals surface area (Å²) in [5.41, 5.74) is 0.881. The molecule has 0 radical (unpaired) electrons. The van der Waals surface area contributed by atoms with Crippen LogP contribution in [0.1, 0.15) is 115 Å². The second-order valence-electron chi connectivity index (χ2n) is 11.5. The number of unbranched alkanes of at least 4 members (excludes halogenated alkanes) is 15. The molecule has 0 aliphatic rings. The number of methoxy groups -OCH3 is 2. The highest BCUT2D eigenvalue weighted by atomic mass is 16.6. The van der Waals surface area contributed by atoms with Gasteiger partial charge in [0.05, 0.1) is 20.3 Å². The molecule has 0 heterocycles. The standard InChI is InChI=1S/C35H60N2O8/c1-4-5-6-7-8-9-10-11-12-13-14-15-16-17-18-22-25-36-34(39)44-28-31(41-2)29-45-35(40)37-26-32(33(38)42-3)43-27-30-23-20-19-21-24-30/h19-21,23-24,31-32H,4-18,22,25-29H2,1-3H3,(H,36,39)(H,37,40). The second kappa shape index (κ2) is 28.6. The lowest BCUT2D eigenvalue weighted by Crippen LogP contribution is -2.40. The van der Waals surface area contributed by atoms with E-state index in [2.05, 4.69) is 17.6 Å². The minimum Gasteiger partial charge on any atom is -0.467 e. The number of esters is 1. The summed E-state index contributed by atoms with van der Waals surface area (Å²) in [5.74, 6) is -0.611. The van der Waals surface area contributed by atoms with Gasteiger partial charge in [-0.1, -0.05) is 134 Å². The number of nitrogens with one attached hydrogen (secondary N) is 2. The summed E-state index contributed by atoms with van der Waals surface area (Å²) in [5, 5.41) is 5.24. The fraction of sp³-hybridized carbons (Fsp3) is 0.743. The van der Waals surface area contributed by atoms with Crippen molar-refractivity contribution < 1.29 is 38.1 Å². The van der Waals surface area contributed by atoms with E-state index in [-0.39, 0.29) is 26.4 Å². The average Bonchev–Trinajstić information content (AvgIpc) is 3.06. The van der Waals surface area contributed by atoms with Gasteiger partial charge in [0.15, 0.2) is 6.10 Å². The Bertz CT molecular complexity index is 870. The topological polar surface area (TPSA) is 121 Å². The minimum absolute atomic E-state index is 0.0699. The molecule has 258 valence electrons. The maximum absolute atomic E-state index is 12.2. The van der Waals surface area contributed by atoms with Gasteiger partial charge in [-0.15, -0.1) is 0 Å². The Morgan fingerprint density at radius 1 is 0.667 bits per heavy atom. The Kier molecular flexibility index (Phi) is 25.5. The number of ether oxygens (including phenoxy) is 5. The molecule has 0 spiro atoms. The molecule has 1 aromatic rings. The van der Waals surface area contributed by atoms with Crippen LogP contribution in [-0.4, -0.2) is 70.9 Å². The average molecular weight is 637 g/mol. The Hall–Kier alpha value is -2.85. The molecule has 0 aromatic heterocycles. The van der Waals surface area contributed by atoms with Gasteiger partial charge in [-0.05, 0) is 12.0 Å². The molecular weight excluding hydrogens is 576 g/mol. The van der Waals surface area contributed by atoms with Gasteiger partial charge in [0.1, 0.15) is 19.3 Å². The summed E-state index contributed by atoms with van der Waals surface area (Å²) in [6.07, 6.45) is 17.9. The first-order chi connectivity index (χ1) is 22.0. The van der Waals surface area contributed by atoms with Crippen molar-refractivity contribution in [1.29, 1.82) is 0 Å². The highest BCUT2D eigenvalue weighted by Crippen LogP contribution is 2.13. The zero-order chi connectivity index (χ0) is 32.8. The highest BCUT2D eigenvalue weighted by molar-refractivity contribution is 5.76. The van der Waals surface area contributed by atoms with Gasteiger partial charge >= 0.3 is 18.2 Å². The number of alkyl carbamates (subject to hydrolysis) is 2. The molecule has 0 saturated carbocycles. The largest absolute Gasteiger partial charge is 0.467 e.